The van der Waals surface area contributed by atoms with Gasteiger partial charge in [0.2, 0.25) is 0 Å². The van der Waals surface area contributed by atoms with E-state index in [1.54, 1.807) is 0 Å². The molecular weight excluding hydrogens is 174 g/mol. The lowest BCUT2D eigenvalue weighted by Crippen LogP contribution is -2.34. The topological polar surface area (TPSA) is 64.1 Å². The zero-order chi connectivity index (χ0) is 10.6. The first kappa shape index (κ1) is 11.2. The van der Waals surface area contributed by atoms with Gasteiger partial charge < -0.3 is 5.73 Å². The van der Waals surface area contributed by atoms with Crippen molar-refractivity contribution >= 4 is 0 Å². The van der Waals surface area contributed by atoms with Crippen LogP contribution in [0.3, 0.4) is 0 Å². The maximum Gasteiger partial charge on any atom is 0.0935 e. The van der Waals surface area contributed by atoms with Crippen LogP contribution < -0.4 is 17.0 Å². The highest BCUT2D eigenvalue weighted by atomic mass is 15.3. The average molecular weight is 193 g/mol. The first-order valence-corrected chi connectivity index (χ1v) is 5.00. The summed E-state index contributed by atoms with van der Waals surface area (Å²) in [6, 6.07) is 8.26. The fourth-order valence-electron chi connectivity index (χ4n) is 1.36. The van der Waals surface area contributed by atoms with Gasteiger partial charge in [0.25, 0.3) is 0 Å². The summed E-state index contributed by atoms with van der Waals surface area (Å²) in [5, 5.41) is 0. The maximum absolute atomic E-state index is 5.72. The second kappa shape index (κ2) is 5.10. The Morgan fingerprint density at radius 3 is 2.14 bits per heavy atom. The predicted molar refractivity (Wildman–Crippen MR) is 59.4 cm³/mol. The minimum atomic E-state index is -0.277. The normalized spacial score (nSPS) is 15.1. The van der Waals surface area contributed by atoms with Crippen LogP contribution in [0.4, 0.5) is 0 Å². The van der Waals surface area contributed by atoms with E-state index in [2.05, 4.69) is 31.4 Å². The maximum atomic E-state index is 5.72. The zero-order valence-electron chi connectivity index (χ0n) is 8.83. The molecule has 3 nitrogen and oxygen atoms in total. The molecule has 0 amide bonds. The Kier molecular flexibility index (Phi) is 4.07. The number of nitrogens with one attached hydrogen (secondary N) is 1. The molecule has 0 aliphatic heterocycles. The van der Waals surface area contributed by atoms with E-state index >= 15 is 0 Å². The minimum Gasteiger partial charge on any atom is -0.311 e. The van der Waals surface area contributed by atoms with Crippen molar-refractivity contribution in [3.8, 4) is 0 Å². The highest BCUT2D eigenvalue weighted by Gasteiger charge is 2.05. The SMILES string of the molecule is CCC(C)c1ccc(C(N)NN)cc1. The molecule has 0 heterocycles. The molecule has 0 saturated heterocycles. The van der Waals surface area contributed by atoms with E-state index in [4.69, 9.17) is 11.6 Å². The fraction of sp³-hybridized carbons (Fsp3) is 0.455. The summed E-state index contributed by atoms with van der Waals surface area (Å²) in [5.41, 5.74) is 10.6. The Labute approximate surface area is 85.5 Å². The molecule has 2 atom stereocenters. The van der Waals surface area contributed by atoms with E-state index in [9.17, 15) is 0 Å². The van der Waals surface area contributed by atoms with Gasteiger partial charge in [0.15, 0.2) is 0 Å². The molecule has 0 fully saturated rings. The number of hydrazine groups is 1. The Bertz CT molecular complexity index is 239. The number of nitrogens with two attached hydrogens (primary N) is 2. The molecule has 14 heavy (non-hydrogen) atoms. The second-order valence-electron chi connectivity index (χ2n) is 3.62. The van der Waals surface area contributed by atoms with Crippen molar-refractivity contribution in [2.75, 3.05) is 0 Å². The number of hydrogen-bond acceptors (Lipinski definition) is 3. The molecule has 0 radical (unpaired) electrons. The van der Waals surface area contributed by atoms with Crippen molar-refractivity contribution < 1.29 is 0 Å². The van der Waals surface area contributed by atoms with Crippen LogP contribution in [-0.2, 0) is 0 Å². The van der Waals surface area contributed by atoms with E-state index in [0.29, 0.717) is 5.92 Å². The molecule has 78 valence electrons. The van der Waals surface area contributed by atoms with Gasteiger partial charge in [-0.15, -0.1) is 0 Å². The molecule has 0 saturated carbocycles. The summed E-state index contributed by atoms with van der Waals surface area (Å²) >= 11 is 0. The van der Waals surface area contributed by atoms with Gasteiger partial charge in [0.1, 0.15) is 0 Å². The van der Waals surface area contributed by atoms with Crippen LogP contribution >= 0.6 is 0 Å². The smallest absolute Gasteiger partial charge is 0.0935 e. The molecule has 1 aromatic carbocycles. The molecule has 0 spiro atoms. The highest BCUT2D eigenvalue weighted by Crippen LogP contribution is 2.19. The van der Waals surface area contributed by atoms with Gasteiger partial charge in [-0.3, -0.25) is 5.84 Å². The first-order chi connectivity index (χ1) is 6.69. The van der Waals surface area contributed by atoms with Crippen LogP contribution in [0.15, 0.2) is 24.3 Å². The third-order valence-corrected chi connectivity index (χ3v) is 2.66. The van der Waals surface area contributed by atoms with Gasteiger partial charge >= 0.3 is 0 Å². The molecule has 5 N–H and O–H groups in total. The third kappa shape index (κ3) is 2.54. The van der Waals surface area contributed by atoms with Crippen molar-refractivity contribution in [1.82, 2.24) is 5.43 Å². The summed E-state index contributed by atoms with van der Waals surface area (Å²) < 4.78 is 0. The van der Waals surface area contributed by atoms with Crippen LogP contribution in [0.5, 0.6) is 0 Å². The van der Waals surface area contributed by atoms with Crippen molar-refractivity contribution in [2.24, 2.45) is 11.6 Å². The van der Waals surface area contributed by atoms with Gasteiger partial charge in [0.05, 0.1) is 6.17 Å². The van der Waals surface area contributed by atoms with E-state index in [0.717, 1.165) is 12.0 Å². The Balaban J connectivity index is 2.78. The quantitative estimate of drug-likeness (QED) is 0.387. The van der Waals surface area contributed by atoms with Gasteiger partial charge in [-0.05, 0) is 23.5 Å². The summed E-state index contributed by atoms with van der Waals surface area (Å²) in [4.78, 5) is 0. The zero-order valence-corrected chi connectivity index (χ0v) is 8.83. The largest absolute Gasteiger partial charge is 0.311 e. The number of rotatable bonds is 4. The second-order valence-corrected chi connectivity index (χ2v) is 3.62. The van der Waals surface area contributed by atoms with Gasteiger partial charge in [-0.2, -0.15) is 0 Å². The number of hydrogen-bond donors (Lipinski definition) is 3. The van der Waals surface area contributed by atoms with Crippen molar-refractivity contribution in [3.63, 3.8) is 0 Å². The summed E-state index contributed by atoms with van der Waals surface area (Å²) in [6.45, 7) is 4.40. The van der Waals surface area contributed by atoms with Gasteiger partial charge in [-0.1, -0.05) is 38.1 Å². The van der Waals surface area contributed by atoms with Crippen LogP contribution in [0, 0.1) is 0 Å². The standard InChI is InChI=1S/C11H19N3/c1-3-8(2)9-4-6-10(7-5-9)11(12)14-13/h4-8,11,14H,3,12-13H2,1-2H3. The number of benzene rings is 1. The monoisotopic (exact) mass is 193 g/mol. The lowest BCUT2D eigenvalue weighted by Gasteiger charge is -2.13. The molecule has 1 rings (SSSR count). The van der Waals surface area contributed by atoms with Crippen molar-refractivity contribution in [1.29, 1.82) is 0 Å². The molecule has 0 aromatic heterocycles. The van der Waals surface area contributed by atoms with Crippen LogP contribution in [0.1, 0.15) is 43.5 Å². The molecule has 0 aliphatic carbocycles. The highest BCUT2D eigenvalue weighted by molar-refractivity contribution is 5.26. The average Bonchev–Trinajstić information content (AvgIpc) is 2.27. The Morgan fingerprint density at radius 2 is 1.71 bits per heavy atom. The molecule has 0 aliphatic rings. The molecule has 2 unspecified atom stereocenters. The molecule has 3 heteroatoms. The van der Waals surface area contributed by atoms with E-state index < -0.39 is 0 Å². The van der Waals surface area contributed by atoms with Crippen molar-refractivity contribution in [2.45, 2.75) is 32.4 Å². The van der Waals surface area contributed by atoms with E-state index in [1.165, 1.54) is 5.56 Å². The predicted octanol–water partition coefficient (Wildman–Crippen LogP) is 1.62. The Morgan fingerprint density at radius 1 is 1.21 bits per heavy atom. The lowest BCUT2D eigenvalue weighted by molar-refractivity contribution is 0.576. The summed E-state index contributed by atoms with van der Waals surface area (Å²) in [6.07, 6.45) is 0.876. The fourth-order valence-corrected chi connectivity index (χ4v) is 1.36. The van der Waals surface area contributed by atoms with Gasteiger partial charge in [0, 0.05) is 0 Å². The Hall–Kier alpha value is -0.900. The summed E-state index contributed by atoms with van der Waals surface area (Å²) in [7, 11) is 0. The van der Waals surface area contributed by atoms with E-state index in [1.807, 2.05) is 12.1 Å². The lowest BCUT2D eigenvalue weighted by atomic mass is 9.97. The molecule has 1 aromatic rings. The van der Waals surface area contributed by atoms with Crippen LogP contribution in [-0.4, -0.2) is 0 Å². The van der Waals surface area contributed by atoms with Crippen molar-refractivity contribution in [3.05, 3.63) is 35.4 Å². The van der Waals surface area contributed by atoms with Gasteiger partial charge in [-0.25, -0.2) is 5.43 Å². The first-order valence-electron chi connectivity index (χ1n) is 5.00. The minimum absolute atomic E-state index is 0.277. The van der Waals surface area contributed by atoms with Crippen LogP contribution in [0.2, 0.25) is 0 Å². The third-order valence-electron chi connectivity index (χ3n) is 2.66. The summed E-state index contributed by atoms with van der Waals surface area (Å²) in [5.74, 6) is 5.86. The molecule has 0 bridgehead atoms. The van der Waals surface area contributed by atoms with E-state index in [-0.39, 0.29) is 6.17 Å². The van der Waals surface area contributed by atoms with Crippen LogP contribution in [0.25, 0.3) is 0 Å². The molecular formula is C11H19N3.